The van der Waals surface area contributed by atoms with Gasteiger partial charge in [0.25, 0.3) is 0 Å². The zero-order valence-corrected chi connectivity index (χ0v) is 17.2. The normalized spacial score (nSPS) is 17.9. The molecule has 1 aromatic carbocycles. The summed E-state index contributed by atoms with van der Waals surface area (Å²) in [6, 6.07) is 8.32. The van der Waals surface area contributed by atoms with E-state index in [1.807, 2.05) is 0 Å². The number of Topliss-reactive ketones (excluding diaryl/α,β-unsaturated/α-hetero) is 1. The van der Waals surface area contributed by atoms with E-state index in [4.69, 9.17) is 4.74 Å². The summed E-state index contributed by atoms with van der Waals surface area (Å²) in [5, 5.41) is 1.54. The van der Waals surface area contributed by atoms with Crippen LogP contribution in [-0.2, 0) is 14.8 Å². The number of ketones is 1. The molecule has 2 heterocycles. The predicted molar refractivity (Wildman–Crippen MR) is 104 cm³/mol. The summed E-state index contributed by atoms with van der Waals surface area (Å²) in [4.78, 5) is 24.8. The zero-order valence-electron chi connectivity index (χ0n) is 15.6. The number of rotatable bonds is 6. The van der Waals surface area contributed by atoms with Gasteiger partial charge in [-0.1, -0.05) is 12.1 Å². The van der Waals surface area contributed by atoms with Crippen molar-refractivity contribution < 1.29 is 27.5 Å². The van der Waals surface area contributed by atoms with Crippen LogP contribution in [0.2, 0.25) is 0 Å². The van der Waals surface area contributed by atoms with Crippen LogP contribution in [0.4, 0.5) is 0 Å². The molecule has 1 saturated heterocycles. The topological polar surface area (TPSA) is 90.0 Å². The Labute approximate surface area is 167 Å². The Hall–Kier alpha value is -2.23. The molecule has 2 aromatic rings. The molecule has 1 atom stereocenters. The van der Waals surface area contributed by atoms with Gasteiger partial charge in [0.05, 0.1) is 19.8 Å². The maximum absolute atomic E-state index is 13.1. The first kappa shape index (κ1) is 20.5. The van der Waals surface area contributed by atoms with Crippen LogP contribution >= 0.6 is 11.3 Å². The van der Waals surface area contributed by atoms with Gasteiger partial charge in [-0.3, -0.25) is 4.79 Å². The minimum absolute atomic E-state index is 0.0423. The van der Waals surface area contributed by atoms with Gasteiger partial charge in [0.1, 0.15) is 15.5 Å². The number of hydrogen-bond donors (Lipinski definition) is 0. The van der Waals surface area contributed by atoms with Crippen LogP contribution in [0.25, 0.3) is 0 Å². The van der Waals surface area contributed by atoms with Crippen LogP contribution in [0, 0.1) is 5.92 Å². The minimum atomic E-state index is -3.91. The molecule has 1 aromatic heterocycles. The highest BCUT2D eigenvalue weighted by Crippen LogP contribution is 2.31. The second-order valence-corrected chi connectivity index (χ2v) is 9.19. The molecule has 0 amide bonds. The molecule has 150 valence electrons. The maximum Gasteiger partial charge on any atom is 0.349 e. The lowest BCUT2D eigenvalue weighted by atomic mass is 9.90. The summed E-state index contributed by atoms with van der Waals surface area (Å²) in [7, 11) is -1.21. The Morgan fingerprint density at radius 1 is 1.18 bits per heavy atom. The van der Waals surface area contributed by atoms with E-state index < -0.39 is 21.9 Å². The minimum Gasteiger partial charge on any atom is -0.496 e. The molecule has 0 bridgehead atoms. The molecule has 3 rings (SSSR count). The number of benzene rings is 1. The Kier molecular flexibility index (Phi) is 6.17. The van der Waals surface area contributed by atoms with E-state index in [9.17, 15) is 18.0 Å². The third-order valence-corrected chi connectivity index (χ3v) is 7.68. The van der Waals surface area contributed by atoms with Crippen LogP contribution < -0.4 is 4.74 Å². The average molecular weight is 424 g/mol. The number of piperidine rings is 1. The molecule has 1 fully saturated rings. The van der Waals surface area contributed by atoms with Gasteiger partial charge in [0, 0.05) is 19.0 Å². The van der Waals surface area contributed by atoms with E-state index in [1.165, 1.54) is 24.6 Å². The monoisotopic (exact) mass is 423 g/mol. The Morgan fingerprint density at radius 2 is 1.93 bits per heavy atom. The summed E-state index contributed by atoms with van der Waals surface area (Å²) in [6.45, 7) is 0.365. The number of esters is 1. The number of thiophene rings is 1. The number of carbonyl (C=O) groups excluding carboxylic acids is 2. The van der Waals surface area contributed by atoms with Gasteiger partial charge >= 0.3 is 5.97 Å². The molecule has 0 N–H and O–H groups in total. The van der Waals surface area contributed by atoms with Crippen LogP contribution in [0.3, 0.4) is 0 Å². The summed E-state index contributed by atoms with van der Waals surface area (Å²) in [5.41, 5.74) is 0.444. The number of hydrogen-bond acceptors (Lipinski definition) is 7. The SMILES string of the molecule is COC(=O)c1sccc1S(=O)(=O)N1CCCC(C(=O)c2ccccc2OC)C1. The third-order valence-electron chi connectivity index (χ3n) is 4.75. The molecule has 9 heteroatoms. The number of methoxy groups -OCH3 is 2. The van der Waals surface area contributed by atoms with Gasteiger partial charge in [-0.25, -0.2) is 13.2 Å². The summed E-state index contributed by atoms with van der Waals surface area (Å²) in [5.74, 6) is -0.832. The van der Waals surface area contributed by atoms with Gasteiger partial charge in [-0.05, 0) is 36.4 Å². The van der Waals surface area contributed by atoms with Crippen molar-refractivity contribution >= 4 is 33.1 Å². The van der Waals surface area contributed by atoms with E-state index in [-0.39, 0.29) is 22.1 Å². The fourth-order valence-electron chi connectivity index (χ4n) is 3.32. The van der Waals surface area contributed by atoms with E-state index in [0.717, 1.165) is 11.3 Å². The van der Waals surface area contributed by atoms with Gasteiger partial charge in [-0.15, -0.1) is 11.3 Å². The van der Waals surface area contributed by atoms with Crippen molar-refractivity contribution in [1.29, 1.82) is 0 Å². The third kappa shape index (κ3) is 3.82. The lowest BCUT2D eigenvalue weighted by Crippen LogP contribution is -2.42. The van der Waals surface area contributed by atoms with E-state index >= 15 is 0 Å². The molecule has 0 spiro atoms. The molecular formula is C19H21NO6S2. The molecule has 7 nitrogen and oxygen atoms in total. The lowest BCUT2D eigenvalue weighted by Gasteiger charge is -2.31. The Balaban J connectivity index is 1.86. The highest BCUT2D eigenvalue weighted by Gasteiger charge is 2.36. The number of nitrogens with zero attached hydrogens (tertiary/aromatic N) is 1. The molecule has 1 unspecified atom stereocenters. The van der Waals surface area contributed by atoms with E-state index in [2.05, 4.69) is 4.74 Å². The van der Waals surface area contributed by atoms with Crippen molar-refractivity contribution in [2.24, 2.45) is 5.92 Å². The summed E-state index contributed by atoms with van der Waals surface area (Å²) in [6.07, 6.45) is 1.15. The molecule has 0 aliphatic carbocycles. The van der Waals surface area contributed by atoms with Gasteiger partial charge in [0.15, 0.2) is 5.78 Å². The quantitative estimate of drug-likeness (QED) is 0.524. The van der Waals surface area contributed by atoms with Crippen LogP contribution in [-0.4, -0.2) is 51.8 Å². The fraction of sp³-hybridized carbons (Fsp3) is 0.368. The van der Waals surface area contributed by atoms with Crippen molar-refractivity contribution in [2.45, 2.75) is 17.7 Å². The van der Waals surface area contributed by atoms with Gasteiger partial charge in [0.2, 0.25) is 10.0 Å². The first-order chi connectivity index (χ1) is 13.4. The van der Waals surface area contributed by atoms with Crippen LogP contribution in [0.1, 0.15) is 32.9 Å². The second kappa shape index (κ2) is 8.42. The van der Waals surface area contributed by atoms with Crippen molar-refractivity contribution in [3.63, 3.8) is 0 Å². The van der Waals surface area contributed by atoms with E-state index in [1.54, 1.807) is 29.6 Å². The maximum atomic E-state index is 13.1. The summed E-state index contributed by atoms with van der Waals surface area (Å²) >= 11 is 1.02. The molecule has 0 saturated carbocycles. The molecule has 28 heavy (non-hydrogen) atoms. The predicted octanol–water partition coefficient (Wildman–Crippen LogP) is 2.83. The largest absolute Gasteiger partial charge is 0.496 e. The number of para-hydroxylation sites is 1. The van der Waals surface area contributed by atoms with Crippen LogP contribution in [0.5, 0.6) is 5.75 Å². The van der Waals surface area contributed by atoms with Crippen LogP contribution in [0.15, 0.2) is 40.6 Å². The summed E-state index contributed by atoms with van der Waals surface area (Å²) < 4.78 is 37.4. The van der Waals surface area contributed by atoms with Crippen molar-refractivity contribution in [1.82, 2.24) is 4.31 Å². The van der Waals surface area contributed by atoms with Crippen molar-refractivity contribution in [2.75, 3.05) is 27.3 Å². The highest BCUT2D eigenvalue weighted by atomic mass is 32.2. The molecule has 1 aliphatic rings. The van der Waals surface area contributed by atoms with Crippen molar-refractivity contribution in [3.05, 3.63) is 46.2 Å². The number of sulfonamides is 1. The average Bonchev–Trinajstić information content (AvgIpc) is 3.23. The number of ether oxygens (including phenoxy) is 2. The van der Waals surface area contributed by atoms with Gasteiger partial charge in [-0.2, -0.15) is 4.31 Å². The lowest BCUT2D eigenvalue weighted by molar-refractivity contribution is 0.0601. The molecule has 0 radical (unpaired) electrons. The standard InChI is InChI=1S/C19H21NO6S2/c1-25-15-8-4-3-7-14(15)17(21)13-6-5-10-20(12-13)28(23,24)16-9-11-27-18(16)19(22)26-2/h3-4,7-9,11,13H,5-6,10,12H2,1-2H3. The number of carbonyl (C=O) groups is 2. The zero-order chi connectivity index (χ0) is 20.3. The molecule has 1 aliphatic heterocycles. The Morgan fingerprint density at radius 3 is 2.64 bits per heavy atom. The molecular weight excluding hydrogens is 402 g/mol. The van der Waals surface area contributed by atoms with Gasteiger partial charge < -0.3 is 9.47 Å². The Bertz CT molecular complexity index is 982. The second-order valence-electron chi connectivity index (χ2n) is 6.37. The first-order valence-electron chi connectivity index (χ1n) is 8.73. The first-order valence-corrected chi connectivity index (χ1v) is 11.0. The highest BCUT2D eigenvalue weighted by molar-refractivity contribution is 7.89. The smallest absolute Gasteiger partial charge is 0.349 e. The van der Waals surface area contributed by atoms with Crippen molar-refractivity contribution in [3.8, 4) is 5.75 Å². The fourth-order valence-corrected chi connectivity index (χ4v) is 6.16. The van der Waals surface area contributed by atoms with E-state index in [0.29, 0.717) is 30.7 Å².